The summed E-state index contributed by atoms with van der Waals surface area (Å²) < 4.78 is 6.74. The number of ether oxygens (including phenoxy) is 1. The lowest BCUT2D eigenvalue weighted by atomic mass is 10.1. The number of amides is 1. The number of carbonyl (C=O) groups excluding carboxylic acids is 1. The predicted octanol–water partition coefficient (Wildman–Crippen LogP) is 3.77. The zero-order chi connectivity index (χ0) is 19.4. The van der Waals surface area contributed by atoms with Crippen LogP contribution in [0.4, 0.5) is 5.69 Å². The number of aromatic nitrogens is 1. The summed E-state index contributed by atoms with van der Waals surface area (Å²) in [5.74, 6) is 0.476. The molecule has 0 aliphatic rings. The van der Waals surface area contributed by atoms with Crippen LogP contribution in [0, 0.1) is 13.8 Å². The van der Waals surface area contributed by atoms with Gasteiger partial charge in [-0.1, -0.05) is 18.2 Å². The minimum Gasteiger partial charge on any atom is -0.497 e. The molecule has 0 spiro atoms. The molecule has 0 radical (unpaired) electrons. The van der Waals surface area contributed by atoms with E-state index in [1.807, 2.05) is 56.3 Å². The van der Waals surface area contributed by atoms with E-state index in [1.165, 1.54) is 10.6 Å². The first-order chi connectivity index (χ1) is 12.9. The fourth-order valence-corrected chi connectivity index (χ4v) is 3.01. The third-order valence-corrected chi connectivity index (χ3v) is 4.21. The van der Waals surface area contributed by atoms with Gasteiger partial charge in [-0.3, -0.25) is 9.59 Å². The number of anilines is 1. The number of pyridine rings is 1. The quantitative estimate of drug-likeness (QED) is 0.751. The van der Waals surface area contributed by atoms with Crippen molar-refractivity contribution in [3.05, 3.63) is 93.4 Å². The van der Waals surface area contributed by atoms with Gasteiger partial charge in [-0.15, -0.1) is 0 Å². The number of carbonyl (C=O) groups is 1. The molecule has 0 saturated heterocycles. The van der Waals surface area contributed by atoms with Gasteiger partial charge in [-0.25, -0.2) is 0 Å². The van der Waals surface area contributed by atoms with Crippen molar-refractivity contribution in [1.29, 1.82) is 0 Å². The molecule has 138 valence electrons. The molecular formula is C22H22N2O3. The number of nitrogens with one attached hydrogen (secondary N) is 1. The molecule has 0 aliphatic carbocycles. The highest BCUT2D eigenvalue weighted by Gasteiger charge is 2.09. The van der Waals surface area contributed by atoms with E-state index in [1.54, 1.807) is 19.4 Å². The van der Waals surface area contributed by atoms with Crippen LogP contribution in [-0.2, 0) is 6.54 Å². The molecule has 27 heavy (non-hydrogen) atoms. The number of methoxy groups -OCH3 is 1. The van der Waals surface area contributed by atoms with Gasteiger partial charge in [0.2, 0.25) is 0 Å². The van der Waals surface area contributed by atoms with Gasteiger partial charge in [-0.05, 0) is 60.9 Å². The van der Waals surface area contributed by atoms with Crippen molar-refractivity contribution in [3.63, 3.8) is 0 Å². The first-order valence-electron chi connectivity index (χ1n) is 8.67. The summed E-state index contributed by atoms with van der Waals surface area (Å²) in [6.07, 6.45) is 1.58. The number of hydrogen-bond donors (Lipinski definition) is 1. The fourth-order valence-electron chi connectivity index (χ4n) is 3.01. The first-order valence-corrected chi connectivity index (χ1v) is 8.67. The molecule has 0 saturated carbocycles. The highest BCUT2D eigenvalue weighted by Crippen LogP contribution is 2.16. The maximum absolute atomic E-state index is 12.6. The zero-order valence-electron chi connectivity index (χ0n) is 15.7. The van der Waals surface area contributed by atoms with E-state index in [9.17, 15) is 9.59 Å². The summed E-state index contributed by atoms with van der Waals surface area (Å²) >= 11 is 0. The van der Waals surface area contributed by atoms with Gasteiger partial charge in [0.15, 0.2) is 0 Å². The smallest absolute Gasteiger partial charge is 0.257 e. The molecule has 0 bridgehead atoms. The van der Waals surface area contributed by atoms with Crippen LogP contribution in [0.3, 0.4) is 0 Å². The molecule has 0 aliphatic heterocycles. The van der Waals surface area contributed by atoms with Crippen LogP contribution in [0.1, 0.15) is 27.0 Å². The van der Waals surface area contributed by atoms with Crippen molar-refractivity contribution >= 4 is 11.6 Å². The minimum atomic E-state index is -0.251. The van der Waals surface area contributed by atoms with Crippen molar-refractivity contribution in [1.82, 2.24) is 4.57 Å². The monoisotopic (exact) mass is 362 g/mol. The highest BCUT2D eigenvalue weighted by molar-refractivity contribution is 6.04. The summed E-state index contributed by atoms with van der Waals surface area (Å²) in [7, 11) is 1.60. The van der Waals surface area contributed by atoms with Crippen molar-refractivity contribution in [3.8, 4) is 5.75 Å². The number of rotatable bonds is 5. The third-order valence-electron chi connectivity index (χ3n) is 4.21. The second kappa shape index (κ2) is 7.91. The van der Waals surface area contributed by atoms with Crippen LogP contribution in [0.15, 0.2) is 65.6 Å². The lowest BCUT2D eigenvalue weighted by Gasteiger charge is -2.11. The van der Waals surface area contributed by atoms with E-state index in [0.717, 1.165) is 28.1 Å². The van der Waals surface area contributed by atoms with E-state index >= 15 is 0 Å². The maximum Gasteiger partial charge on any atom is 0.257 e. The summed E-state index contributed by atoms with van der Waals surface area (Å²) in [4.78, 5) is 24.8. The first kappa shape index (κ1) is 18.5. The Balaban J connectivity index is 1.83. The average Bonchev–Trinajstić information content (AvgIpc) is 2.62. The third kappa shape index (κ3) is 4.64. The fraction of sp³-hybridized carbons (Fsp3) is 0.182. The van der Waals surface area contributed by atoms with Crippen LogP contribution < -0.4 is 15.6 Å². The van der Waals surface area contributed by atoms with Gasteiger partial charge in [0.1, 0.15) is 5.75 Å². The van der Waals surface area contributed by atoms with Crippen LogP contribution in [0.5, 0.6) is 5.75 Å². The van der Waals surface area contributed by atoms with Gasteiger partial charge in [0.05, 0.1) is 19.2 Å². The molecule has 1 N–H and O–H groups in total. The lowest BCUT2D eigenvalue weighted by molar-refractivity contribution is 0.102. The van der Waals surface area contributed by atoms with Crippen LogP contribution in [0.2, 0.25) is 0 Å². The van der Waals surface area contributed by atoms with Gasteiger partial charge in [-0.2, -0.15) is 0 Å². The second-order valence-electron chi connectivity index (χ2n) is 6.57. The molecule has 3 aromatic rings. The van der Waals surface area contributed by atoms with Crippen LogP contribution in [-0.4, -0.2) is 17.6 Å². The van der Waals surface area contributed by atoms with Crippen LogP contribution >= 0.6 is 0 Å². The molecular weight excluding hydrogens is 340 g/mol. The molecule has 3 rings (SSSR count). The average molecular weight is 362 g/mol. The Labute approximate surface area is 158 Å². The molecule has 0 atom stereocenters. The second-order valence-corrected chi connectivity index (χ2v) is 6.57. The maximum atomic E-state index is 12.6. The highest BCUT2D eigenvalue weighted by atomic mass is 16.5. The molecule has 2 aromatic carbocycles. The molecule has 0 unspecified atom stereocenters. The lowest BCUT2D eigenvalue weighted by Crippen LogP contribution is -2.22. The zero-order valence-corrected chi connectivity index (χ0v) is 15.7. The van der Waals surface area contributed by atoms with E-state index < -0.39 is 0 Å². The predicted molar refractivity (Wildman–Crippen MR) is 107 cm³/mol. The molecule has 0 fully saturated rings. The van der Waals surface area contributed by atoms with Gasteiger partial charge in [0, 0.05) is 18.0 Å². The van der Waals surface area contributed by atoms with Crippen molar-refractivity contribution in [2.24, 2.45) is 0 Å². The summed E-state index contributed by atoms with van der Waals surface area (Å²) in [6, 6.07) is 16.3. The number of aryl methyl sites for hydroxylation is 2. The molecule has 1 amide bonds. The molecule has 1 heterocycles. The summed E-state index contributed by atoms with van der Waals surface area (Å²) in [6.45, 7) is 4.33. The Kier molecular flexibility index (Phi) is 5.41. The Hall–Kier alpha value is -3.34. The molecule has 1 aromatic heterocycles. The van der Waals surface area contributed by atoms with Crippen molar-refractivity contribution < 1.29 is 9.53 Å². The number of nitrogens with zero attached hydrogens (tertiary/aromatic N) is 1. The SMILES string of the molecule is COc1cccc(Cn2cc(C(=O)Nc3cc(C)cc(C)c3)ccc2=O)c1. The van der Waals surface area contributed by atoms with Gasteiger partial charge >= 0.3 is 0 Å². The normalized spacial score (nSPS) is 10.5. The Morgan fingerprint density at radius 1 is 1.04 bits per heavy atom. The van der Waals surface area contributed by atoms with E-state index in [0.29, 0.717) is 12.1 Å². The van der Waals surface area contributed by atoms with Crippen molar-refractivity contribution in [2.45, 2.75) is 20.4 Å². The number of benzene rings is 2. The standard InChI is InChI=1S/C22H22N2O3/c1-15-9-16(2)11-19(10-15)23-22(26)18-7-8-21(25)24(14-18)13-17-5-4-6-20(12-17)27-3/h4-12,14H,13H2,1-3H3,(H,23,26). The summed E-state index contributed by atoms with van der Waals surface area (Å²) in [5.41, 5.74) is 4.07. The topological polar surface area (TPSA) is 60.3 Å². The van der Waals surface area contributed by atoms with Gasteiger partial charge in [0.25, 0.3) is 11.5 Å². The largest absolute Gasteiger partial charge is 0.497 e. The Morgan fingerprint density at radius 2 is 1.78 bits per heavy atom. The Morgan fingerprint density at radius 3 is 2.48 bits per heavy atom. The summed E-state index contributed by atoms with van der Waals surface area (Å²) in [5, 5.41) is 2.89. The Bertz CT molecular complexity index is 1020. The van der Waals surface area contributed by atoms with E-state index in [4.69, 9.17) is 4.74 Å². The number of hydrogen-bond acceptors (Lipinski definition) is 3. The minimum absolute atomic E-state index is 0.166. The van der Waals surface area contributed by atoms with Crippen LogP contribution in [0.25, 0.3) is 0 Å². The van der Waals surface area contributed by atoms with E-state index in [-0.39, 0.29) is 11.5 Å². The van der Waals surface area contributed by atoms with Gasteiger partial charge < -0.3 is 14.6 Å². The van der Waals surface area contributed by atoms with E-state index in [2.05, 4.69) is 5.32 Å². The molecule has 5 nitrogen and oxygen atoms in total. The molecule has 5 heteroatoms. The van der Waals surface area contributed by atoms with Crippen molar-refractivity contribution in [2.75, 3.05) is 12.4 Å².